The van der Waals surface area contributed by atoms with Crippen LogP contribution in [0.25, 0.3) is 0 Å². The van der Waals surface area contributed by atoms with E-state index in [1.54, 1.807) is 0 Å². The molecule has 0 radical (unpaired) electrons. The van der Waals surface area contributed by atoms with Crippen LogP contribution in [0.2, 0.25) is 0 Å². The SMILES string of the molecule is C[C@H]1[C@@H]2[C@@H](O)C([C@H](C)C(=O)NCCN3CCOCC3)CC[C@@]2(C)CC[C@@H]1NC(=O)COc1ccccc1. The quantitative estimate of drug-likeness (QED) is 0.467. The van der Waals surface area contributed by atoms with Crippen molar-refractivity contribution in [3.05, 3.63) is 30.3 Å². The molecule has 4 rings (SSSR count). The fraction of sp³-hybridized carbons (Fsp3) is 0.724. The van der Waals surface area contributed by atoms with E-state index >= 15 is 0 Å². The molecule has 206 valence electrons. The Bertz CT molecular complexity index is 893. The van der Waals surface area contributed by atoms with Crippen molar-refractivity contribution in [1.29, 1.82) is 0 Å². The van der Waals surface area contributed by atoms with Crippen LogP contribution in [0, 0.1) is 29.1 Å². The van der Waals surface area contributed by atoms with Gasteiger partial charge in [0.15, 0.2) is 6.61 Å². The van der Waals surface area contributed by atoms with Gasteiger partial charge in [0, 0.05) is 38.1 Å². The van der Waals surface area contributed by atoms with Gasteiger partial charge in [-0.25, -0.2) is 0 Å². The van der Waals surface area contributed by atoms with E-state index in [2.05, 4.69) is 29.4 Å². The van der Waals surface area contributed by atoms with Crippen LogP contribution in [-0.4, -0.2) is 80.0 Å². The molecule has 3 fully saturated rings. The van der Waals surface area contributed by atoms with Crippen LogP contribution in [0.1, 0.15) is 46.5 Å². The number of morpholine rings is 1. The van der Waals surface area contributed by atoms with Crippen molar-refractivity contribution >= 4 is 11.8 Å². The zero-order chi connectivity index (χ0) is 26.4. The maximum Gasteiger partial charge on any atom is 0.258 e. The molecule has 37 heavy (non-hydrogen) atoms. The van der Waals surface area contributed by atoms with Gasteiger partial charge < -0.3 is 25.2 Å². The lowest BCUT2D eigenvalue weighted by Crippen LogP contribution is -2.59. The Morgan fingerprint density at radius 3 is 2.62 bits per heavy atom. The summed E-state index contributed by atoms with van der Waals surface area (Å²) in [6, 6.07) is 9.32. The number of nitrogens with one attached hydrogen (secondary N) is 2. The monoisotopic (exact) mass is 515 g/mol. The lowest BCUT2D eigenvalue weighted by atomic mass is 9.51. The molecule has 1 aromatic rings. The average molecular weight is 516 g/mol. The standard InChI is InChI=1S/C29H45N3O5/c1-20(28(35)30-13-14-32-15-17-36-18-16-32)23-9-11-29(3)12-10-24(21(2)26(29)27(23)34)31-25(33)19-37-22-7-5-4-6-8-22/h4-8,20-21,23-24,26-27,34H,9-19H2,1-3H3,(H,30,35)(H,31,33)/t20-,21+,23?,24-,26+,27-,29-/m0/s1. The Morgan fingerprint density at radius 2 is 1.89 bits per heavy atom. The second-order valence-corrected chi connectivity index (χ2v) is 11.6. The smallest absolute Gasteiger partial charge is 0.258 e. The summed E-state index contributed by atoms with van der Waals surface area (Å²) < 4.78 is 11.0. The summed E-state index contributed by atoms with van der Waals surface area (Å²) in [4.78, 5) is 28.0. The predicted octanol–water partition coefficient (Wildman–Crippen LogP) is 2.46. The van der Waals surface area contributed by atoms with E-state index in [0.717, 1.165) is 58.5 Å². The lowest BCUT2D eigenvalue weighted by Gasteiger charge is -2.56. The minimum atomic E-state index is -0.575. The number of aliphatic hydroxyl groups excluding tert-OH is 1. The van der Waals surface area contributed by atoms with Gasteiger partial charge in [-0.1, -0.05) is 39.0 Å². The van der Waals surface area contributed by atoms with E-state index < -0.39 is 6.10 Å². The molecule has 1 unspecified atom stereocenters. The summed E-state index contributed by atoms with van der Waals surface area (Å²) in [7, 11) is 0. The number of ether oxygens (including phenoxy) is 2. The molecule has 2 saturated carbocycles. The molecular formula is C29H45N3O5. The average Bonchev–Trinajstić information content (AvgIpc) is 2.90. The molecule has 0 aromatic heterocycles. The Balaban J connectivity index is 1.30. The van der Waals surface area contributed by atoms with Gasteiger partial charge in [0.2, 0.25) is 5.91 Å². The number of nitrogens with zero attached hydrogens (tertiary/aromatic N) is 1. The minimum absolute atomic E-state index is 0.0175. The number of carbonyl (C=O) groups is 2. The van der Waals surface area contributed by atoms with E-state index in [1.165, 1.54) is 0 Å². The third-order valence-electron chi connectivity index (χ3n) is 9.23. The van der Waals surface area contributed by atoms with Gasteiger partial charge in [-0.3, -0.25) is 14.5 Å². The fourth-order valence-corrected chi connectivity index (χ4v) is 6.93. The second kappa shape index (κ2) is 12.6. The number of para-hydroxylation sites is 1. The third kappa shape index (κ3) is 6.84. The van der Waals surface area contributed by atoms with E-state index in [0.29, 0.717) is 12.3 Å². The number of benzene rings is 1. The molecule has 0 spiro atoms. The van der Waals surface area contributed by atoms with Gasteiger partial charge in [0.25, 0.3) is 5.91 Å². The zero-order valence-corrected chi connectivity index (χ0v) is 22.7. The number of amides is 2. The number of rotatable bonds is 9. The molecule has 1 saturated heterocycles. The van der Waals surface area contributed by atoms with Crippen molar-refractivity contribution < 1.29 is 24.2 Å². The summed E-state index contributed by atoms with van der Waals surface area (Å²) in [5.41, 5.74) is 0.0175. The van der Waals surface area contributed by atoms with Crippen LogP contribution < -0.4 is 15.4 Å². The van der Waals surface area contributed by atoms with E-state index in [9.17, 15) is 14.7 Å². The molecule has 3 aliphatic rings. The predicted molar refractivity (Wildman–Crippen MR) is 142 cm³/mol. The van der Waals surface area contributed by atoms with Crippen LogP contribution in [0.15, 0.2) is 30.3 Å². The van der Waals surface area contributed by atoms with Crippen molar-refractivity contribution in [2.45, 2.75) is 58.6 Å². The highest BCUT2D eigenvalue weighted by Crippen LogP contribution is 2.55. The van der Waals surface area contributed by atoms with Crippen molar-refractivity contribution in [1.82, 2.24) is 15.5 Å². The van der Waals surface area contributed by atoms with Crippen LogP contribution in [0.5, 0.6) is 5.75 Å². The van der Waals surface area contributed by atoms with Crippen LogP contribution in [0.4, 0.5) is 0 Å². The first-order valence-electron chi connectivity index (χ1n) is 14.0. The van der Waals surface area contributed by atoms with Gasteiger partial charge >= 0.3 is 0 Å². The number of aliphatic hydroxyl groups is 1. The van der Waals surface area contributed by atoms with E-state index in [-0.39, 0.29) is 53.5 Å². The molecule has 7 atom stereocenters. The fourth-order valence-electron chi connectivity index (χ4n) is 6.93. The first-order chi connectivity index (χ1) is 17.8. The van der Waals surface area contributed by atoms with Gasteiger partial charge in [0.05, 0.1) is 19.3 Å². The van der Waals surface area contributed by atoms with Crippen LogP contribution in [-0.2, 0) is 14.3 Å². The Morgan fingerprint density at radius 1 is 1.19 bits per heavy atom. The maximum absolute atomic E-state index is 13.0. The number of carbonyl (C=O) groups excluding carboxylic acids is 2. The first-order valence-corrected chi connectivity index (χ1v) is 14.0. The van der Waals surface area contributed by atoms with Gasteiger partial charge in [0.1, 0.15) is 5.75 Å². The van der Waals surface area contributed by atoms with Crippen molar-refractivity contribution in [3.63, 3.8) is 0 Å². The van der Waals surface area contributed by atoms with Crippen molar-refractivity contribution in [2.24, 2.45) is 29.1 Å². The Kier molecular flexibility index (Phi) is 9.48. The van der Waals surface area contributed by atoms with Crippen LogP contribution >= 0.6 is 0 Å². The Hall–Kier alpha value is -2.16. The third-order valence-corrected chi connectivity index (χ3v) is 9.23. The molecule has 1 aliphatic heterocycles. The highest BCUT2D eigenvalue weighted by Gasteiger charge is 2.53. The number of hydrogen-bond donors (Lipinski definition) is 3. The van der Waals surface area contributed by atoms with Gasteiger partial charge in [-0.2, -0.15) is 0 Å². The summed E-state index contributed by atoms with van der Waals surface area (Å²) in [6.45, 7) is 11.1. The largest absolute Gasteiger partial charge is 0.484 e. The van der Waals surface area contributed by atoms with Crippen molar-refractivity contribution in [2.75, 3.05) is 46.0 Å². The molecule has 8 heteroatoms. The summed E-state index contributed by atoms with van der Waals surface area (Å²) in [5.74, 6) is 0.347. The van der Waals surface area contributed by atoms with Crippen LogP contribution in [0.3, 0.4) is 0 Å². The number of hydrogen-bond acceptors (Lipinski definition) is 6. The minimum Gasteiger partial charge on any atom is -0.484 e. The first kappa shape index (κ1) is 27.9. The highest BCUT2D eigenvalue weighted by molar-refractivity contribution is 5.79. The maximum atomic E-state index is 13.0. The normalized spacial score (nSPS) is 33.1. The Labute approximate surface area is 221 Å². The second-order valence-electron chi connectivity index (χ2n) is 11.6. The number of fused-ring (bicyclic) bond motifs is 1. The molecule has 0 bridgehead atoms. The molecule has 2 amide bonds. The molecule has 8 nitrogen and oxygen atoms in total. The topological polar surface area (TPSA) is 100 Å². The summed E-state index contributed by atoms with van der Waals surface area (Å²) in [6.07, 6.45) is 3.11. The lowest BCUT2D eigenvalue weighted by molar-refractivity contribution is -0.144. The molecule has 2 aliphatic carbocycles. The van der Waals surface area contributed by atoms with Gasteiger partial charge in [-0.05, 0) is 61.0 Å². The zero-order valence-electron chi connectivity index (χ0n) is 22.7. The van der Waals surface area contributed by atoms with Gasteiger partial charge in [-0.15, -0.1) is 0 Å². The highest BCUT2D eigenvalue weighted by atomic mass is 16.5. The molecule has 3 N–H and O–H groups in total. The van der Waals surface area contributed by atoms with Crippen molar-refractivity contribution in [3.8, 4) is 5.75 Å². The molecule has 1 aromatic carbocycles. The molecule has 1 heterocycles. The summed E-state index contributed by atoms with van der Waals surface area (Å²) in [5, 5.41) is 17.9. The summed E-state index contributed by atoms with van der Waals surface area (Å²) >= 11 is 0. The molecular weight excluding hydrogens is 470 g/mol. The van der Waals surface area contributed by atoms with E-state index in [1.807, 2.05) is 37.3 Å². The van der Waals surface area contributed by atoms with E-state index in [4.69, 9.17) is 9.47 Å².